The Hall–Kier alpha value is -1.00. The smallest absolute Gasteiger partial charge is 0.167 e. The minimum absolute atomic E-state index is 0.322. The molecule has 1 aromatic rings. The first kappa shape index (κ1) is 24.0. The molecule has 0 spiro atoms. The van der Waals surface area contributed by atoms with E-state index in [1.165, 1.54) is 50.7 Å². The van der Waals surface area contributed by atoms with E-state index in [9.17, 15) is 8.78 Å². The number of benzene rings is 1. The Morgan fingerprint density at radius 1 is 0.815 bits per heavy atom. The van der Waals surface area contributed by atoms with E-state index in [-0.39, 0.29) is 0 Å². The summed E-state index contributed by atoms with van der Waals surface area (Å²) in [6.07, 6.45) is 12.3. The van der Waals surface area contributed by atoms with Gasteiger partial charge in [0.2, 0.25) is 0 Å². The molecule has 27 heavy (non-hydrogen) atoms. The number of hydrogen-bond acceptors (Lipinski definition) is 2. The fourth-order valence-corrected chi connectivity index (χ4v) is 3.73. The third kappa shape index (κ3) is 9.16. The highest BCUT2D eigenvalue weighted by molar-refractivity contribution is 5.17. The summed E-state index contributed by atoms with van der Waals surface area (Å²) in [5.41, 5.74) is 0.723. The molecule has 1 atom stereocenters. The Labute approximate surface area is 164 Å². The first-order valence-electron chi connectivity index (χ1n) is 10.5. The fraction of sp³-hybridized carbons (Fsp3) is 0.739. The average Bonchev–Trinajstić information content (AvgIpc) is 2.64. The molecule has 0 fully saturated rings. The van der Waals surface area contributed by atoms with Gasteiger partial charge in [-0.3, -0.25) is 0 Å². The van der Waals surface area contributed by atoms with Crippen molar-refractivity contribution in [3.05, 3.63) is 35.4 Å². The van der Waals surface area contributed by atoms with Crippen molar-refractivity contribution in [2.24, 2.45) is 5.92 Å². The van der Waals surface area contributed by atoms with Crippen LogP contribution in [0, 0.1) is 17.6 Å². The number of rotatable bonds is 15. The standard InChI is InChI=1S/C23H38F2O2/c1-5-6-7-8-9-10-14-20(23(2,26-3)27-4)15-12-11-13-19-16-21(24)18-22(25)17-19/h16-18,20H,5-15H2,1-4H3. The molecular formula is C23H38F2O2. The number of unbranched alkanes of at least 4 members (excludes halogenated alkanes) is 6. The molecule has 1 aromatic carbocycles. The Bertz CT molecular complexity index is 495. The largest absolute Gasteiger partial charge is 0.353 e. The van der Waals surface area contributed by atoms with Crippen LogP contribution in [0.15, 0.2) is 18.2 Å². The molecule has 0 N–H and O–H groups in total. The molecule has 0 saturated carbocycles. The van der Waals surface area contributed by atoms with Gasteiger partial charge in [0, 0.05) is 26.2 Å². The summed E-state index contributed by atoms with van der Waals surface area (Å²) < 4.78 is 37.9. The van der Waals surface area contributed by atoms with Crippen molar-refractivity contribution < 1.29 is 18.3 Å². The monoisotopic (exact) mass is 384 g/mol. The lowest BCUT2D eigenvalue weighted by Crippen LogP contribution is -2.39. The van der Waals surface area contributed by atoms with E-state index in [1.54, 1.807) is 14.2 Å². The number of aryl methyl sites for hydroxylation is 1. The molecule has 0 aliphatic carbocycles. The molecule has 0 radical (unpaired) electrons. The second-order valence-electron chi connectivity index (χ2n) is 7.70. The van der Waals surface area contributed by atoms with Gasteiger partial charge in [0.05, 0.1) is 0 Å². The number of halogens is 2. The van der Waals surface area contributed by atoms with Crippen molar-refractivity contribution in [3.8, 4) is 0 Å². The van der Waals surface area contributed by atoms with Gasteiger partial charge in [-0.1, -0.05) is 51.9 Å². The normalized spacial score (nSPS) is 13.1. The molecule has 0 amide bonds. The van der Waals surface area contributed by atoms with Crippen molar-refractivity contribution >= 4 is 0 Å². The van der Waals surface area contributed by atoms with E-state index in [0.29, 0.717) is 12.3 Å². The first-order valence-corrected chi connectivity index (χ1v) is 10.5. The van der Waals surface area contributed by atoms with Crippen molar-refractivity contribution in [2.75, 3.05) is 14.2 Å². The maximum atomic E-state index is 13.3. The van der Waals surface area contributed by atoms with Crippen molar-refractivity contribution in [3.63, 3.8) is 0 Å². The predicted molar refractivity (Wildman–Crippen MR) is 108 cm³/mol. The molecule has 2 nitrogen and oxygen atoms in total. The van der Waals surface area contributed by atoms with Crippen LogP contribution in [0.2, 0.25) is 0 Å². The van der Waals surface area contributed by atoms with Crippen LogP contribution in [-0.2, 0) is 15.9 Å². The molecule has 0 aliphatic heterocycles. The number of methoxy groups -OCH3 is 2. The minimum atomic E-state index is -0.575. The summed E-state index contributed by atoms with van der Waals surface area (Å²) in [5, 5.41) is 0. The quantitative estimate of drug-likeness (QED) is 0.238. The summed E-state index contributed by atoms with van der Waals surface area (Å²) in [5.74, 6) is -1.26. The summed E-state index contributed by atoms with van der Waals surface area (Å²) in [7, 11) is 3.40. The number of hydrogen-bond donors (Lipinski definition) is 0. The van der Waals surface area contributed by atoms with Crippen LogP contribution in [-0.4, -0.2) is 20.0 Å². The maximum Gasteiger partial charge on any atom is 0.167 e. The highest BCUT2D eigenvalue weighted by Gasteiger charge is 2.33. The lowest BCUT2D eigenvalue weighted by atomic mass is 9.87. The number of ether oxygens (including phenoxy) is 2. The van der Waals surface area contributed by atoms with E-state index >= 15 is 0 Å². The van der Waals surface area contributed by atoms with Crippen molar-refractivity contribution in [1.82, 2.24) is 0 Å². The third-order valence-electron chi connectivity index (χ3n) is 5.65. The van der Waals surface area contributed by atoms with Crippen LogP contribution in [0.1, 0.15) is 83.6 Å². The first-order chi connectivity index (χ1) is 12.9. The highest BCUT2D eigenvalue weighted by atomic mass is 19.1. The summed E-state index contributed by atoms with van der Waals surface area (Å²) in [6, 6.07) is 3.76. The van der Waals surface area contributed by atoms with Gasteiger partial charge in [-0.05, 0) is 50.3 Å². The van der Waals surface area contributed by atoms with Crippen LogP contribution in [0.5, 0.6) is 0 Å². The Morgan fingerprint density at radius 2 is 1.33 bits per heavy atom. The predicted octanol–water partition coefficient (Wildman–Crippen LogP) is 7.05. The lowest BCUT2D eigenvalue weighted by molar-refractivity contribution is -0.230. The van der Waals surface area contributed by atoms with E-state index in [0.717, 1.165) is 37.3 Å². The SMILES string of the molecule is CCCCCCCCC(CCCCc1cc(F)cc(F)c1)C(C)(OC)OC. The van der Waals surface area contributed by atoms with Gasteiger partial charge in [-0.25, -0.2) is 8.78 Å². The maximum absolute atomic E-state index is 13.3. The van der Waals surface area contributed by atoms with Crippen LogP contribution >= 0.6 is 0 Å². The minimum Gasteiger partial charge on any atom is -0.353 e. The summed E-state index contributed by atoms with van der Waals surface area (Å²) in [4.78, 5) is 0. The Morgan fingerprint density at radius 3 is 1.89 bits per heavy atom. The molecular weight excluding hydrogens is 346 g/mol. The van der Waals surface area contributed by atoms with Gasteiger partial charge < -0.3 is 9.47 Å². The average molecular weight is 385 g/mol. The molecule has 1 rings (SSSR count). The molecule has 0 saturated heterocycles. The topological polar surface area (TPSA) is 18.5 Å². The van der Waals surface area contributed by atoms with E-state index < -0.39 is 17.4 Å². The van der Waals surface area contributed by atoms with Crippen LogP contribution in [0.4, 0.5) is 8.78 Å². The van der Waals surface area contributed by atoms with Gasteiger partial charge in [0.1, 0.15) is 11.6 Å². The van der Waals surface area contributed by atoms with Crippen molar-refractivity contribution in [1.29, 1.82) is 0 Å². The second-order valence-corrected chi connectivity index (χ2v) is 7.70. The van der Waals surface area contributed by atoms with Gasteiger partial charge >= 0.3 is 0 Å². The van der Waals surface area contributed by atoms with Crippen LogP contribution in [0.25, 0.3) is 0 Å². The highest BCUT2D eigenvalue weighted by Crippen LogP contribution is 2.32. The molecule has 0 aromatic heterocycles. The molecule has 0 aliphatic rings. The molecule has 4 heteroatoms. The Balaban J connectivity index is 2.45. The zero-order valence-corrected chi connectivity index (χ0v) is 17.7. The van der Waals surface area contributed by atoms with E-state index in [4.69, 9.17) is 9.47 Å². The van der Waals surface area contributed by atoms with Crippen molar-refractivity contribution in [2.45, 2.75) is 90.3 Å². The molecule has 156 valence electrons. The van der Waals surface area contributed by atoms with E-state index in [1.807, 2.05) is 6.92 Å². The molecule has 0 heterocycles. The lowest BCUT2D eigenvalue weighted by Gasteiger charge is -2.35. The second kappa shape index (κ2) is 13.2. The third-order valence-corrected chi connectivity index (χ3v) is 5.65. The molecule has 1 unspecified atom stereocenters. The zero-order valence-electron chi connectivity index (χ0n) is 17.7. The van der Waals surface area contributed by atoms with Crippen LogP contribution in [0.3, 0.4) is 0 Å². The van der Waals surface area contributed by atoms with Gasteiger partial charge in [0.15, 0.2) is 5.79 Å². The zero-order chi connectivity index (χ0) is 20.1. The summed E-state index contributed by atoms with van der Waals surface area (Å²) in [6.45, 7) is 4.24. The molecule has 0 bridgehead atoms. The summed E-state index contributed by atoms with van der Waals surface area (Å²) >= 11 is 0. The van der Waals surface area contributed by atoms with E-state index in [2.05, 4.69) is 6.92 Å². The van der Waals surface area contributed by atoms with Crippen LogP contribution < -0.4 is 0 Å². The van der Waals surface area contributed by atoms with Gasteiger partial charge in [0.25, 0.3) is 0 Å². The fourth-order valence-electron chi connectivity index (χ4n) is 3.73. The van der Waals surface area contributed by atoms with Gasteiger partial charge in [-0.15, -0.1) is 0 Å². The van der Waals surface area contributed by atoms with Gasteiger partial charge in [-0.2, -0.15) is 0 Å². The Kier molecular flexibility index (Phi) is 11.8.